The maximum Gasteiger partial charge on any atom is 0.169 e. The third-order valence-electron chi connectivity index (χ3n) is 10.4. The highest BCUT2D eigenvalue weighted by atomic mass is 16.8. The number of fused-ring (bicyclic) bond motifs is 1. The summed E-state index contributed by atoms with van der Waals surface area (Å²) in [7, 11) is 4.08. The first-order chi connectivity index (χ1) is 24.5. The van der Waals surface area contributed by atoms with Gasteiger partial charge < -0.3 is 14.4 Å². The Labute approximate surface area is 310 Å². The van der Waals surface area contributed by atoms with Crippen LogP contribution in [0.3, 0.4) is 0 Å². The average molecular weight is 694 g/mol. The number of allylic oxidation sites excluding steroid dienone is 10. The maximum absolute atomic E-state index is 12.6. The molecule has 0 radical (unpaired) electrons. The van der Waals surface area contributed by atoms with Gasteiger partial charge in [-0.05, 0) is 104 Å². The lowest BCUT2D eigenvalue weighted by atomic mass is 9.97. The van der Waals surface area contributed by atoms with Gasteiger partial charge in [-0.1, -0.05) is 132 Å². The largest absolute Gasteiger partial charge is 0.344 e. The van der Waals surface area contributed by atoms with Crippen LogP contribution in [0.5, 0.6) is 0 Å². The van der Waals surface area contributed by atoms with Crippen molar-refractivity contribution in [3.05, 3.63) is 60.8 Å². The van der Waals surface area contributed by atoms with Crippen molar-refractivity contribution in [2.75, 3.05) is 20.6 Å². The Morgan fingerprint density at radius 1 is 0.620 bits per heavy atom. The van der Waals surface area contributed by atoms with Gasteiger partial charge in [-0.15, -0.1) is 0 Å². The number of ketones is 1. The van der Waals surface area contributed by atoms with Gasteiger partial charge in [0.15, 0.2) is 5.79 Å². The van der Waals surface area contributed by atoms with Crippen molar-refractivity contribution < 1.29 is 14.3 Å². The van der Waals surface area contributed by atoms with E-state index in [-0.39, 0.29) is 12.2 Å². The average Bonchev–Trinajstić information content (AvgIpc) is 3.62. The van der Waals surface area contributed by atoms with Crippen LogP contribution in [0, 0.1) is 5.92 Å². The van der Waals surface area contributed by atoms with Crippen LogP contribution in [0.1, 0.15) is 181 Å². The number of nitrogens with zero attached hydrogens (tertiary/aromatic N) is 1. The zero-order valence-electron chi connectivity index (χ0n) is 33.3. The molecule has 0 aromatic rings. The van der Waals surface area contributed by atoms with Gasteiger partial charge in [-0.2, -0.15) is 0 Å². The van der Waals surface area contributed by atoms with Gasteiger partial charge >= 0.3 is 0 Å². The van der Waals surface area contributed by atoms with Crippen LogP contribution in [0.25, 0.3) is 0 Å². The Morgan fingerprint density at radius 3 is 1.54 bits per heavy atom. The predicted octanol–water partition coefficient (Wildman–Crippen LogP) is 13.2. The lowest BCUT2D eigenvalue weighted by Gasteiger charge is -2.30. The standard InChI is InChI=1S/C46H79NO3/c1-5-7-9-11-13-15-17-19-21-23-25-27-29-31-33-36-46(37-34-32-30-28-26-24-22-20-18-16-14-12-10-8-6-2)49-44-40-42(41-45(44)50-46)39-43(48)35-38-47(3)4/h5,7,11-14,17-20,42,44-45H,6,8-10,15-16,21-41H2,1-4H3/b7-5-,13-11-,14-12-,19-17-,20-18-/t42-,44-,45+,46?. The molecular weight excluding hydrogens is 615 g/mol. The second-order valence-electron chi connectivity index (χ2n) is 15.5. The quantitative estimate of drug-likeness (QED) is 0.0519. The number of hydrogen-bond donors (Lipinski definition) is 0. The summed E-state index contributed by atoms with van der Waals surface area (Å²) in [5, 5.41) is 0. The van der Waals surface area contributed by atoms with E-state index in [0.717, 1.165) is 51.5 Å². The van der Waals surface area contributed by atoms with Gasteiger partial charge in [0, 0.05) is 32.2 Å². The van der Waals surface area contributed by atoms with Gasteiger partial charge in [0.25, 0.3) is 0 Å². The van der Waals surface area contributed by atoms with E-state index < -0.39 is 5.79 Å². The number of Topliss-reactive ketones (excluding diaryl/α,β-unsaturated/α-hetero) is 1. The van der Waals surface area contributed by atoms with Gasteiger partial charge in [-0.25, -0.2) is 0 Å². The molecule has 286 valence electrons. The van der Waals surface area contributed by atoms with Gasteiger partial charge in [0.1, 0.15) is 5.78 Å². The highest BCUT2D eigenvalue weighted by Gasteiger charge is 2.51. The molecule has 0 aromatic heterocycles. The topological polar surface area (TPSA) is 38.8 Å². The molecule has 0 bridgehead atoms. The molecule has 4 nitrogen and oxygen atoms in total. The highest BCUT2D eigenvalue weighted by molar-refractivity contribution is 5.78. The number of rotatable bonds is 32. The van der Waals surface area contributed by atoms with Crippen molar-refractivity contribution in [3.63, 3.8) is 0 Å². The van der Waals surface area contributed by atoms with E-state index in [1.807, 2.05) is 14.1 Å². The second-order valence-corrected chi connectivity index (χ2v) is 15.5. The number of ether oxygens (including phenoxy) is 2. The van der Waals surface area contributed by atoms with Crippen LogP contribution >= 0.6 is 0 Å². The van der Waals surface area contributed by atoms with Crippen molar-refractivity contribution in [2.45, 2.75) is 199 Å². The monoisotopic (exact) mass is 694 g/mol. The minimum absolute atomic E-state index is 0.179. The lowest BCUT2D eigenvalue weighted by Crippen LogP contribution is -2.32. The molecule has 0 amide bonds. The molecule has 4 heteroatoms. The van der Waals surface area contributed by atoms with E-state index in [0.29, 0.717) is 24.5 Å². The SMILES string of the molecule is C/C=C\C/C=C\C/C=C\CCCCCCCCC1(CCCCCCCC/C=C\C/C=C\CCCC)O[C@H]2C[C@H](CC(=O)CCN(C)C)C[C@H]2O1. The van der Waals surface area contributed by atoms with Crippen LogP contribution in [0.4, 0.5) is 0 Å². The Balaban J connectivity index is 1.66. The summed E-state index contributed by atoms with van der Waals surface area (Å²) in [6.07, 6.45) is 53.4. The lowest BCUT2D eigenvalue weighted by molar-refractivity contribution is -0.193. The van der Waals surface area contributed by atoms with E-state index in [2.05, 4.69) is 79.5 Å². The molecule has 1 aliphatic carbocycles. The highest BCUT2D eigenvalue weighted by Crippen LogP contribution is 2.46. The van der Waals surface area contributed by atoms with Crippen LogP contribution < -0.4 is 0 Å². The van der Waals surface area contributed by atoms with Crippen molar-refractivity contribution in [1.29, 1.82) is 0 Å². The van der Waals surface area contributed by atoms with Crippen molar-refractivity contribution in [3.8, 4) is 0 Å². The zero-order valence-corrected chi connectivity index (χ0v) is 33.3. The van der Waals surface area contributed by atoms with Crippen LogP contribution in [0.2, 0.25) is 0 Å². The Bertz CT molecular complexity index is 962. The molecule has 0 N–H and O–H groups in total. The first-order valence-electron chi connectivity index (χ1n) is 21.2. The molecule has 1 aliphatic heterocycles. The van der Waals surface area contributed by atoms with Crippen LogP contribution in [-0.2, 0) is 14.3 Å². The fraction of sp³-hybridized carbons (Fsp3) is 0.761. The first-order valence-corrected chi connectivity index (χ1v) is 21.2. The molecule has 2 aliphatic rings. The fourth-order valence-corrected chi connectivity index (χ4v) is 7.44. The van der Waals surface area contributed by atoms with Crippen molar-refractivity contribution >= 4 is 5.78 Å². The predicted molar refractivity (Wildman–Crippen MR) is 217 cm³/mol. The van der Waals surface area contributed by atoms with E-state index in [4.69, 9.17) is 9.47 Å². The molecule has 4 atom stereocenters. The second kappa shape index (κ2) is 29.8. The summed E-state index contributed by atoms with van der Waals surface area (Å²) >= 11 is 0. The van der Waals surface area contributed by atoms with Gasteiger partial charge in [0.2, 0.25) is 0 Å². The Kier molecular flexibility index (Phi) is 26.5. The van der Waals surface area contributed by atoms with E-state index in [1.165, 1.54) is 109 Å². The summed E-state index contributed by atoms with van der Waals surface area (Å²) in [6.45, 7) is 5.17. The fourth-order valence-electron chi connectivity index (χ4n) is 7.44. The molecule has 1 unspecified atom stereocenters. The number of hydrogen-bond acceptors (Lipinski definition) is 4. The number of carbonyl (C=O) groups is 1. The molecule has 2 fully saturated rings. The minimum Gasteiger partial charge on any atom is -0.344 e. The van der Waals surface area contributed by atoms with E-state index >= 15 is 0 Å². The molecule has 2 rings (SSSR count). The molecule has 1 heterocycles. The minimum atomic E-state index is -0.392. The smallest absolute Gasteiger partial charge is 0.169 e. The summed E-state index contributed by atoms with van der Waals surface area (Å²) in [6, 6.07) is 0. The number of carbonyl (C=O) groups excluding carboxylic acids is 1. The summed E-state index contributed by atoms with van der Waals surface area (Å²) in [4.78, 5) is 14.7. The summed E-state index contributed by atoms with van der Waals surface area (Å²) < 4.78 is 13.7. The van der Waals surface area contributed by atoms with E-state index in [9.17, 15) is 4.79 Å². The van der Waals surface area contributed by atoms with Crippen molar-refractivity contribution in [2.24, 2.45) is 5.92 Å². The number of unbranched alkanes of at least 4 members (excludes halogenated alkanes) is 14. The van der Waals surface area contributed by atoms with Crippen LogP contribution in [0.15, 0.2) is 60.8 Å². The molecule has 0 aromatic carbocycles. The molecule has 50 heavy (non-hydrogen) atoms. The first kappa shape index (κ1) is 44.4. The van der Waals surface area contributed by atoms with Gasteiger partial charge in [0.05, 0.1) is 12.2 Å². The maximum atomic E-state index is 12.6. The molecule has 1 saturated heterocycles. The van der Waals surface area contributed by atoms with E-state index in [1.54, 1.807) is 0 Å². The summed E-state index contributed by atoms with van der Waals surface area (Å²) in [5.41, 5.74) is 0. The Morgan fingerprint density at radius 2 is 1.06 bits per heavy atom. The van der Waals surface area contributed by atoms with Gasteiger partial charge in [-0.3, -0.25) is 4.79 Å². The van der Waals surface area contributed by atoms with Crippen LogP contribution in [-0.4, -0.2) is 49.3 Å². The Hall–Kier alpha value is -1.75. The zero-order chi connectivity index (χ0) is 36.0. The third-order valence-corrected chi connectivity index (χ3v) is 10.4. The summed E-state index contributed by atoms with van der Waals surface area (Å²) in [5.74, 6) is 0.422. The third kappa shape index (κ3) is 22.2. The van der Waals surface area contributed by atoms with Crippen molar-refractivity contribution in [1.82, 2.24) is 4.90 Å². The molecule has 1 saturated carbocycles. The molecular formula is C46H79NO3. The molecule has 0 spiro atoms. The normalized spacial score (nSPS) is 22.6.